The summed E-state index contributed by atoms with van der Waals surface area (Å²) in [6.07, 6.45) is 1.52. The molecular formula is C18H17N3O2S. The van der Waals surface area contributed by atoms with E-state index in [0.717, 1.165) is 32.9 Å². The summed E-state index contributed by atoms with van der Waals surface area (Å²) in [6.45, 7) is 2.75. The van der Waals surface area contributed by atoms with Crippen LogP contribution in [0.5, 0.6) is 0 Å². The Bertz CT molecular complexity index is 907. The lowest BCUT2D eigenvalue weighted by Crippen LogP contribution is -2.36. The minimum atomic E-state index is -0.785. The molecule has 1 aliphatic rings. The molecule has 1 fully saturated rings. The predicted molar refractivity (Wildman–Crippen MR) is 95.6 cm³/mol. The van der Waals surface area contributed by atoms with E-state index in [9.17, 15) is 9.90 Å². The SMILES string of the molecule is Cc1cc2c(N3CCCC3C(=O)O)nc(-c3ccccc3)nc2s1. The van der Waals surface area contributed by atoms with Gasteiger partial charge in [-0.25, -0.2) is 14.8 Å². The zero-order valence-electron chi connectivity index (χ0n) is 13.3. The van der Waals surface area contributed by atoms with E-state index >= 15 is 0 Å². The topological polar surface area (TPSA) is 66.3 Å². The standard InChI is InChI=1S/C18H17N3O2S/c1-11-10-13-16(21-9-5-8-14(21)18(22)23)19-15(20-17(13)24-11)12-6-3-2-4-7-12/h2-4,6-7,10,14H,5,8-9H2,1H3,(H,22,23). The first-order valence-corrected chi connectivity index (χ1v) is 8.78. The first-order chi connectivity index (χ1) is 11.6. The van der Waals surface area contributed by atoms with Gasteiger partial charge in [-0.15, -0.1) is 11.3 Å². The quantitative estimate of drug-likeness (QED) is 0.788. The molecule has 1 aromatic carbocycles. The van der Waals surface area contributed by atoms with Crippen LogP contribution in [0, 0.1) is 6.92 Å². The van der Waals surface area contributed by atoms with Crippen molar-refractivity contribution in [1.29, 1.82) is 0 Å². The van der Waals surface area contributed by atoms with Crippen molar-refractivity contribution in [2.75, 3.05) is 11.4 Å². The number of aliphatic carboxylic acids is 1. The summed E-state index contributed by atoms with van der Waals surface area (Å²) < 4.78 is 0. The van der Waals surface area contributed by atoms with Crippen molar-refractivity contribution in [3.63, 3.8) is 0 Å². The third-order valence-electron chi connectivity index (χ3n) is 4.34. The Balaban J connectivity index is 1.91. The zero-order valence-corrected chi connectivity index (χ0v) is 14.1. The van der Waals surface area contributed by atoms with Crippen LogP contribution in [0.2, 0.25) is 0 Å². The van der Waals surface area contributed by atoms with Gasteiger partial charge in [-0.1, -0.05) is 30.3 Å². The number of carboxylic acid groups (broad SMARTS) is 1. The van der Waals surface area contributed by atoms with Crippen LogP contribution in [-0.2, 0) is 4.79 Å². The fourth-order valence-electron chi connectivity index (χ4n) is 3.24. The number of carboxylic acids is 1. The van der Waals surface area contributed by atoms with Crippen LogP contribution in [0.3, 0.4) is 0 Å². The maximum absolute atomic E-state index is 11.6. The molecule has 122 valence electrons. The number of aryl methyl sites for hydroxylation is 1. The van der Waals surface area contributed by atoms with E-state index in [1.165, 1.54) is 0 Å². The molecule has 1 saturated heterocycles. The molecule has 6 heteroatoms. The highest BCUT2D eigenvalue weighted by Crippen LogP contribution is 2.36. The molecule has 1 aliphatic heterocycles. The lowest BCUT2D eigenvalue weighted by Gasteiger charge is -2.23. The molecule has 0 spiro atoms. The van der Waals surface area contributed by atoms with Gasteiger partial charge in [0.05, 0.1) is 5.39 Å². The Morgan fingerprint density at radius 2 is 2.08 bits per heavy atom. The van der Waals surface area contributed by atoms with Gasteiger partial charge in [0.25, 0.3) is 0 Å². The lowest BCUT2D eigenvalue weighted by molar-refractivity contribution is -0.138. The summed E-state index contributed by atoms with van der Waals surface area (Å²) in [5.41, 5.74) is 0.942. The second-order valence-electron chi connectivity index (χ2n) is 6.00. The molecule has 0 aliphatic carbocycles. The molecule has 1 N–H and O–H groups in total. The number of hydrogen-bond acceptors (Lipinski definition) is 5. The predicted octanol–water partition coefficient (Wildman–Crippen LogP) is 3.72. The number of anilines is 1. The summed E-state index contributed by atoms with van der Waals surface area (Å²) >= 11 is 1.62. The second kappa shape index (κ2) is 5.87. The van der Waals surface area contributed by atoms with Crippen LogP contribution in [-0.4, -0.2) is 33.6 Å². The molecule has 2 aromatic heterocycles. The molecule has 0 radical (unpaired) electrons. The maximum Gasteiger partial charge on any atom is 0.326 e. The van der Waals surface area contributed by atoms with Crippen molar-refractivity contribution in [2.45, 2.75) is 25.8 Å². The van der Waals surface area contributed by atoms with E-state index in [-0.39, 0.29) is 0 Å². The van der Waals surface area contributed by atoms with Crippen molar-refractivity contribution >= 4 is 33.3 Å². The largest absolute Gasteiger partial charge is 0.480 e. The number of rotatable bonds is 3. The molecule has 4 rings (SSSR count). The summed E-state index contributed by atoms with van der Waals surface area (Å²) in [7, 11) is 0. The fraction of sp³-hybridized carbons (Fsp3) is 0.278. The highest BCUT2D eigenvalue weighted by Gasteiger charge is 2.33. The van der Waals surface area contributed by atoms with Gasteiger partial charge in [0.1, 0.15) is 16.7 Å². The van der Waals surface area contributed by atoms with Gasteiger partial charge in [-0.3, -0.25) is 0 Å². The third kappa shape index (κ3) is 2.53. The Morgan fingerprint density at radius 3 is 2.83 bits per heavy atom. The normalized spacial score (nSPS) is 17.5. The van der Waals surface area contributed by atoms with Crippen LogP contribution in [0.4, 0.5) is 5.82 Å². The Morgan fingerprint density at radius 1 is 1.29 bits per heavy atom. The molecule has 1 unspecified atom stereocenters. The highest BCUT2D eigenvalue weighted by atomic mass is 32.1. The van der Waals surface area contributed by atoms with Crippen molar-refractivity contribution in [3.8, 4) is 11.4 Å². The second-order valence-corrected chi connectivity index (χ2v) is 7.24. The minimum Gasteiger partial charge on any atom is -0.480 e. The van der Waals surface area contributed by atoms with Crippen molar-refractivity contribution in [1.82, 2.24) is 9.97 Å². The molecule has 3 aromatic rings. The van der Waals surface area contributed by atoms with E-state index < -0.39 is 12.0 Å². The average molecular weight is 339 g/mol. The number of carbonyl (C=O) groups is 1. The molecule has 24 heavy (non-hydrogen) atoms. The summed E-state index contributed by atoms with van der Waals surface area (Å²) in [5.74, 6) is 0.608. The van der Waals surface area contributed by atoms with Crippen LogP contribution in [0.15, 0.2) is 36.4 Å². The van der Waals surface area contributed by atoms with E-state index in [1.807, 2.05) is 42.2 Å². The molecule has 0 bridgehead atoms. The van der Waals surface area contributed by atoms with Crippen LogP contribution < -0.4 is 4.90 Å². The van der Waals surface area contributed by atoms with Gasteiger partial charge in [-0.2, -0.15) is 0 Å². The van der Waals surface area contributed by atoms with Crippen LogP contribution >= 0.6 is 11.3 Å². The number of fused-ring (bicyclic) bond motifs is 1. The Kier molecular flexibility index (Phi) is 3.69. The zero-order chi connectivity index (χ0) is 16.7. The van der Waals surface area contributed by atoms with Crippen molar-refractivity contribution in [3.05, 3.63) is 41.3 Å². The Labute approximate surface area is 143 Å². The minimum absolute atomic E-state index is 0.507. The molecule has 5 nitrogen and oxygen atoms in total. The van der Waals surface area contributed by atoms with Crippen molar-refractivity contribution < 1.29 is 9.90 Å². The lowest BCUT2D eigenvalue weighted by atomic mass is 10.2. The van der Waals surface area contributed by atoms with E-state index in [0.29, 0.717) is 18.8 Å². The molecule has 0 saturated carbocycles. The van der Waals surface area contributed by atoms with E-state index in [1.54, 1.807) is 11.3 Å². The number of benzene rings is 1. The summed E-state index contributed by atoms with van der Waals surface area (Å²) in [4.78, 5) is 25.0. The van der Waals surface area contributed by atoms with E-state index in [2.05, 4.69) is 6.07 Å². The smallest absolute Gasteiger partial charge is 0.326 e. The monoisotopic (exact) mass is 339 g/mol. The number of nitrogens with zero attached hydrogens (tertiary/aromatic N) is 3. The van der Waals surface area contributed by atoms with Crippen molar-refractivity contribution in [2.24, 2.45) is 0 Å². The van der Waals surface area contributed by atoms with Gasteiger partial charge in [0.2, 0.25) is 0 Å². The maximum atomic E-state index is 11.6. The van der Waals surface area contributed by atoms with Gasteiger partial charge < -0.3 is 10.0 Å². The summed E-state index contributed by atoms with van der Waals surface area (Å²) in [5, 5.41) is 10.5. The molecular weight excluding hydrogens is 322 g/mol. The number of aromatic nitrogens is 2. The molecule has 3 heterocycles. The Hall–Kier alpha value is -2.47. The van der Waals surface area contributed by atoms with Gasteiger partial charge in [-0.05, 0) is 25.8 Å². The molecule has 0 amide bonds. The third-order valence-corrected chi connectivity index (χ3v) is 5.28. The summed E-state index contributed by atoms with van der Waals surface area (Å²) in [6, 6.07) is 11.4. The van der Waals surface area contributed by atoms with E-state index in [4.69, 9.17) is 9.97 Å². The first-order valence-electron chi connectivity index (χ1n) is 7.96. The van der Waals surface area contributed by atoms with Gasteiger partial charge >= 0.3 is 5.97 Å². The number of thiophene rings is 1. The fourth-order valence-corrected chi connectivity index (χ4v) is 4.11. The number of hydrogen-bond donors (Lipinski definition) is 1. The van der Waals surface area contributed by atoms with Gasteiger partial charge in [0.15, 0.2) is 5.82 Å². The molecule has 1 atom stereocenters. The first kappa shape index (κ1) is 15.1. The highest BCUT2D eigenvalue weighted by molar-refractivity contribution is 7.18. The van der Waals surface area contributed by atoms with Crippen LogP contribution in [0.1, 0.15) is 17.7 Å². The van der Waals surface area contributed by atoms with Gasteiger partial charge in [0, 0.05) is 17.0 Å². The van der Waals surface area contributed by atoms with Crippen LogP contribution in [0.25, 0.3) is 21.6 Å². The average Bonchev–Trinajstić information content (AvgIpc) is 3.20.